The molecule has 3 aliphatic heterocycles. The lowest BCUT2D eigenvalue weighted by Crippen LogP contribution is -2.72. The number of rotatable bonds is 5. The number of carboxylic acid groups (broad SMARTS) is 2. The lowest BCUT2D eigenvalue weighted by Gasteiger charge is -2.44. The predicted molar refractivity (Wildman–Crippen MR) is 104 cm³/mol. The molecule has 156 valence electrons. The number of aliphatic carboxylic acids is 2. The van der Waals surface area contributed by atoms with Gasteiger partial charge in [-0.05, 0) is 27.7 Å². The molecule has 3 heterocycles. The van der Waals surface area contributed by atoms with E-state index in [1.807, 2.05) is 0 Å². The molecule has 10 nitrogen and oxygen atoms in total. The Labute approximate surface area is 170 Å². The quantitative estimate of drug-likeness (QED) is 0.335. The molecule has 12 heteroatoms. The maximum Gasteiger partial charge on any atom is 0.327 e. The fourth-order valence-electron chi connectivity index (χ4n) is 3.87. The summed E-state index contributed by atoms with van der Waals surface area (Å²) in [5.41, 5.74) is 6.03. The molecule has 3 rings (SSSR count). The van der Waals surface area contributed by atoms with Gasteiger partial charge in [-0.25, -0.2) is 4.79 Å². The molecule has 2 unspecified atom stereocenters. The van der Waals surface area contributed by atoms with Crippen molar-refractivity contribution in [2.45, 2.75) is 72.1 Å². The molecule has 0 spiro atoms. The standard InChI is InChI=1S/C16H24N4O6S2/c1-15(2)7(13(23)24)19-10(27-15)5(17)9(21)18-6-11(22)20-8(14(25)26)16(3,4)28-12(6)20/h5-8,10,12,19H,17H2,1-4H3,(H,18,21)(H,23,24)(H,25,26)/t5?,6-,7+,8+,10?,12-/m1/s1. The minimum Gasteiger partial charge on any atom is -0.480 e. The maximum absolute atomic E-state index is 12.6. The van der Waals surface area contributed by atoms with Crippen LogP contribution < -0.4 is 16.4 Å². The molecule has 0 radical (unpaired) electrons. The Bertz CT molecular complexity index is 745. The second-order valence-corrected chi connectivity index (χ2v) is 11.8. The van der Waals surface area contributed by atoms with E-state index in [0.717, 1.165) is 0 Å². The highest BCUT2D eigenvalue weighted by molar-refractivity contribution is 8.02. The second kappa shape index (κ2) is 6.78. The number of hydrogen-bond donors (Lipinski definition) is 5. The molecule has 2 amide bonds. The third kappa shape index (κ3) is 3.25. The Balaban J connectivity index is 1.66. The van der Waals surface area contributed by atoms with Crippen molar-refractivity contribution in [2.75, 3.05) is 0 Å². The van der Waals surface area contributed by atoms with Crippen LogP contribution >= 0.6 is 23.5 Å². The van der Waals surface area contributed by atoms with Gasteiger partial charge in [-0.1, -0.05) is 0 Å². The SMILES string of the molecule is CC1(C)S[C@@H]2[C@H](NC(=O)C(N)C3N[C@@H](C(=O)O)C(C)(C)S3)C(=O)N2[C@H]1C(=O)O. The molecule has 0 aromatic rings. The first-order valence-corrected chi connectivity index (χ1v) is 10.5. The van der Waals surface area contributed by atoms with Gasteiger partial charge in [0.1, 0.15) is 29.5 Å². The van der Waals surface area contributed by atoms with Gasteiger partial charge in [0.25, 0.3) is 0 Å². The molecular weight excluding hydrogens is 408 g/mol. The molecule has 0 bridgehead atoms. The van der Waals surface area contributed by atoms with Gasteiger partial charge < -0.3 is 26.2 Å². The van der Waals surface area contributed by atoms with Gasteiger partial charge in [-0.2, -0.15) is 0 Å². The van der Waals surface area contributed by atoms with Crippen LogP contribution in [0.15, 0.2) is 0 Å². The third-order valence-corrected chi connectivity index (χ3v) is 8.40. The highest BCUT2D eigenvalue weighted by Gasteiger charge is 2.64. The topological polar surface area (TPSA) is 162 Å². The number of nitrogens with two attached hydrogens (primary N) is 1. The van der Waals surface area contributed by atoms with Crippen molar-refractivity contribution in [3.63, 3.8) is 0 Å². The Morgan fingerprint density at radius 3 is 2.25 bits per heavy atom. The lowest BCUT2D eigenvalue weighted by molar-refractivity contribution is -0.161. The van der Waals surface area contributed by atoms with Gasteiger partial charge in [0.15, 0.2) is 0 Å². The Kier molecular flexibility index (Phi) is 5.14. The highest BCUT2D eigenvalue weighted by Crippen LogP contribution is 2.50. The summed E-state index contributed by atoms with van der Waals surface area (Å²) in [7, 11) is 0. The number of thioether (sulfide) groups is 2. The Morgan fingerprint density at radius 1 is 1.14 bits per heavy atom. The smallest absolute Gasteiger partial charge is 0.327 e. The molecule has 0 aliphatic carbocycles. The highest BCUT2D eigenvalue weighted by atomic mass is 32.2. The minimum atomic E-state index is -1.08. The van der Waals surface area contributed by atoms with E-state index >= 15 is 0 Å². The average Bonchev–Trinajstić information content (AvgIpc) is 3.02. The van der Waals surface area contributed by atoms with Crippen molar-refractivity contribution < 1.29 is 29.4 Å². The van der Waals surface area contributed by atoms with E-state index in [-0.39, 0.29) is 0 Å². The van der Waals surface area contributed by atoms with Crippen LogP contribution in [0.1, 0.15) is 27.7 Å². The van der Waals surface area contributed by atoms with Gasteiger partial charge in [0.05, 0.1) is 5.37 Å². The van der Waals surface area contributed by atoms with Crippen molar-refractivity contribution in [1.82, 2.24) is 15.5 Å². The summed E-state index contributed by atoms with van der Waals surface area (Å²) in [5.74, 6) is -3.14. The average molecular weight is 433 g/mol. The normalized spacial score (nSPS) is 36.4. The Morgan fingerprint density at radius 2 is 1.75 bits per heavy atom. The summed E-state index contributed by atoms with van der Waals surface area (Å²) >= 11 is 2.59. The largest absolute Gasteiger partial charge is 0.480 e. The zero-order valence-corrected chi connectivity index (χ0v) is 17.5. The first-order valence-electron chi connectivity index (χ1n) is 8.73. The monoisotopic (exact) mass is 432 g/mol. The number of nitrogens with one attached hydrogen (secondary N) is 2. The molecule has 3 saturated heterocycles. The summed E-state index contributed by atoms with van der Waals surface area (Å²) in [6.07, 6.45) is 0. The van der Waals surface area contributed by atoms with E-state index in [1.165, 1.54) is 28.4 Å². The van der Waals surface area contributed by atoms with Crippen molar-refractivity contribution >= 4 is 47.3 Å². The zero-order valence-electron chi connectivity index (χ0n) is 15.8. The van der Waals surface area contributed by atoms with Gasteiger partial charge >= 0.3 is 11.9 Å². The number of β-lactam (4-membered cyclic amide) rings is 1. The van der Waals surface area contributed by atoms with Crippen molar-refractivity contribution in [3.8, 4) is 0 Å². The van der Waals surface area contributed by atoms with Gasteiger partial charge in [-0.15, -0.1) is 23.5 Å². The molecule has 0 aromatic carbocycles. The number of carbonyl (C=O) groups is 4. The first kappa shape index (κ1) is 21.2. The van der Waals surface area contributed by atoms with E-state index in [2.05, 4.69) is 10.6 Å². The van der Waals surface area contributed by atoms with Crippen LogP contribution in [0.2, 0.25) is 0 Å². The van der Waals surface area contributed by atoms with Gasteiger partial charge in [-0.3, -0.25) is 19.7 Å². The van der Waals surface area contributed by atoms with Crippen LogP contribution in [0.4, 0.5) is 0 Å². The van der Waals surface area contributed by atoms with E-state index in [0.29, 0.717) is 0 Å². The molecule has 6 N–H and O–H groups in total. The van der Waals surface area contributed by atoms with E-state index in [1.54, 1.807) is 27.7 Å². The third-order valence-electron chi connectivity index (χ3n) is 5.31. The molecule has 0 saturated carbocycles. The number of carboxylic acids is 2. The maximum atomic E-state index is 12.6. The lowest BCUT2D eigenvalue weighted by atomic mass is 9.96. The fourth-order valence-corrected chi connectivity index (χ4v) is 6.93. The van der Waals surface area contributed by atoms with Crippen LogP contribution in [0.3, 0.4) is 0 Å². The summed E-state index contributed by atoms with van der Waals surface area (Å²) in [4.78, 5) is 49.3. The van der Waals surface area contributed by atoms with E-state index in [9.17, 15) is 29.4 Å². The summed E-state index contributed by atoms with van der Waals surface area (Å²) < 4.78 is -1.34. The fraction of sp³-hybridized carbons (Fsp3) is 0.750. The van der Waals surface area contributed by atoms with Crippen LogP contribution in [-0.2, 0) is 19.2 Å². The van der Waals surface area contributed by atoms with Crippen LogP contribution in [-0.4, -0.2) is 83.3 Å². The number of hydrogen-bond acceptors (Lipinski definition) is 8. The molecule has 28 heavy (non-hydrogen) atoms. The van der Waals surface area contributed by atoms with Crippen molar-refractivity contribution in [3.05, 3.63) is 0 Å². The zero-order chi connectivity index (χ0) is 21.2. The number of fused-ring (bicyclic) bond motifs is 1. The van der Waals surface area contributed by atoms with E-state index in [4.69, 9.17) is 5.73 Å². The second-order valence-electron chi connectivity index (χ2n) is 8.19. The number of nitrogens with zero attached hydrogens (tertiary/aromatic N) is 1. The van der Waals surface area contributed by atoms with Crippen molar-refractivity contribution in [2.24, 2.45) is 5.73 Å². The summed E-state index contributed by atoms with van der Waals surface area (Å²) in [6.45, 7) is 7.01. The van der Waals surface area contributed by atoms with E-state index < -0.39 is 68.2 Å². The summed E-state index contributed by atoms with van der Waals surface area (Å²) in [5, 5.41) is 23.1. The van der Waals surface area contributed by atoms with Gasteiger partial charge in [0.2, 0.25) is 11.8 Å². The first-order chi connectivity index (χ1) is 12.8. The molecule has 3 aliphatic rings. The summed E-state index contributed by atoms with van der Waals surface area (Å²) in [6, 6.07) is -3.72. The number of amides is 2. The Hall–Kier alpha value is -1.50. The van der Waals surface area contributed by atoms with Gasteiger partial charge in [0, 0.05) is 9.49 Å². The van der Waals surface area contributed by atoms with Crippen molar-refractivity contribution in [1.29, 1.82) is 0 Å². The molecular formula is C16H24N4O6S2. The predicted octanol–water partition coefficient (Wildman–Crippen LogP) is -1.16. The molecule has 6 atom stereocenters. The molecule has 3 fully saturated rings. The van der Waals surface area contributed by atoms with Crippen LogP contribution in [0, 0.1) is 0 Å². The van der Waals surface area contributed by atoms with Crippen LogP contribution in [0.5, 0.6) is 0 Å². The number of carbonyl (C=O) groups excluding carboxylic acids is 2. The molecule has 0 aromatic heterocycles. The van der Waals surface area contributed by atoms with Crippen LogP contribution in [0.25, 0.3) is 0 Å². The minimum absolute atomic E-state index is 0.452.